The fourth-order valence-corrected chi connectivity index (χ4v) is 4.15. The van der Waals surface area contributed by atoms with E-state index in [-0.39, 0.29) is 11.7 Å². The summed E-state index contributed by atoms with van der Waals surface area (Å²) in [5.74, 6) is 0.791. The van der Waals surface area contributed by atoms with Gasteiger partial charge in [-0.15, -0.1) is 0 Å². The van der Waals surface area contributed by atoms with Gasteiger partial charge >= 0.3 is 0 Å². The maximum atomic E-state index is 14.3. The third-order valence-corrected chi connectivity index (χ3v) is 5.35. The summed E-state index contributed by atoms with van der Waals surface area (Å²) in [6, 6.07) is 5.06. The third-order valence-electron chi connectivity index (χ3n) is 4.40. The number of hydrogen-bond donors (Lipinski definition) is 1. The molecule has 0 bridgehead atoms. The number of aromatic nitrogens is 2. The number of amidine groups is 1. The van der Waals surface area contributed by atoms with Crippen molar-refractivity contribution in [3.8, 4) is 11.1 Å². The largest absolute Gasteiger partial charge is 0.379 e. The van der Waals surface area contributed by atoms with E-state index in [2.05, 4.69) is 15.0 Å². The van der Waals surface area contributed by atoms with E-state index >= 15 is 0 Å². The summed E-state index contributed by atoms with van der Waals surface area (Å²) in [5.41, 5.74) is 7.46. The number of ether oxygens (including phenoxy) is 1. The van der Waals surface area contributed by atoms with Gasteiger partial charge in [-0.25, -0.2) is 19.4 Å². The molecule has 0 radical (unpaired) electrons. The van der Waals surface area contributed by atoms with Gasteiger partial charge in [-0.3, -0.25) is 0 Å². The summed E-state index contributed by atoms with van der Waals surface area (Å²) >= 11 is 1.55. The first-order valence-corrected chi connectivity index (χ1v) is 8.29. The molecule has 1 saturated heterocycles. The van der Waals surface area contributed by atoms with Gasteiger partial charge in [0.25, 0.3) is 0 Å². The average molecular weight is 330 g/mol. The van der Waals surface area contributed by atoms with Gasteiger partial charge in [0.1, 0.15) is 17.7 Å². The van der Waals surface area contributed by atoms with Crippen molar-refractivity contribution in [1.29, 1.82) is 0 Å². The maximum absolute atomic E-state index is 14.3. The lowest BCUT2D eigenvalue weighted by molar-refractivity contribution is 0.177. The smallest absolute Gasteiger partial charge is 0.154 e. The van der Waals surface area contributed by atoms with Crippen LogP contribution in [0.25, 0.3) is 11.1 Å². The van der Waals surface area contributed by atoms with Gasteiger partial charge in [0.05, 0.1) is 13.2 Å². The summed E-state index contributed by atoms with van der Waals surface area (Å²) < 4.78 is 20.0. The Kier molecular flexibility index (Phi) is 3.54. The highest BCUT2D eigenvalue weighted by Crippen LogP contribution is 2.45. The van der Waals surface area contributed by atoms with Crippen molar-refractivity contribution >= 4 is 16.9 Å². The number of nitrogens with zero attached hydrogens (tertiary/aromatic N) is 3. The number of halogens is 1. The Morgan fingerprint density at radius 1 is 1.30 bits per heavy atom. The molecule has 5 nitrogen and oxygen atoms in total. The Bertz CT molecular complexity index is 770. The van der Waals surface area contributed by atoms with Crippen LogP contribution in [0.15, 0.2) is 41.9 Å². The molecule has 1 aromatic heterocycles. The number of benzene rings is 1. The van der Waals surface area contributed by atoms with Crippen LogP contribution < -0.4 is 5.73 Å². The molecule has 2 aliphatic rings. The van der Waals surface area contributed by atoms with Crippen molar-refractivity contribution in [3.63, 3.8) is 0 Å². The van der Waals surface area contributed by atoms with Gasteiger partial charge in [0.2, 0.25) is 0 Å². The van der Waals surface area contributed by atoms with E-state index in [4.69, 9.17) is 10.5 Å². The van der Waals surface area contributed by atoms with Crippen LogP contribution in [-0.2, 0) is 10.3 Å². The quantitative estimate of drug-likeness (QED) is 0.914. The molecular formula is C16H15FN4OS. The topological polar surface area (TPSA) is 73.4 Å². The summed E-state index contributed by atoms with van der Waals surface area (Å²) in [6.07, 6.45) is 4.63. The van der Waals surface area contributed by atoms with Gasteiger partial charge in [0, 0.05) is 35.2 Å². The van der Waals surface area contributed by atoms with Crippen molar-refractivity contribution in [1.82, 2.24) is 9.97 Å². The van der Waals surface area contributed by atoms with Gasteiger partial charge < -0.3 is 10.5 Å². The number of hydrogen-bond acceptors (Lipinski definition) is 6. The first-order valence-electron chi connectivity index (χ1n) is 7.30. The van der Waals surface area contributed by atoms with Crippen LogP contribution in [0.5, 0.6) is 0 Å². The molecule has 0 spiro atoms. The fourth-order valence-electron chi connectivity index (χ4n) is 3.17. The molecule has 0 saturated carbocycles. The zero-order valence-electron chi connectivity index (χ0n) is 12.3. The minimum absolute atomic E-state index is 0.241. The second kappa shape index (κ2) is 5.58. The Morgan fingerprint density at radius 2 is 2.13 bits per heavy atom. The van der Waals surface area contributed by atoms with E-state index in [1.165, 1.54) is 12.4 Å². The molecule has 2 atom stereocenters. The molecule has 1 fully saturated rings. The lowest BCUT2D eigenvalue weighted by Crippen LogP contribution is -2.39. The first kappa shape index (κ1) is 14.6. The fraction of sp³-hybridized carbons (Fsp3) is 0.312. The van der Waals surface area contributed by atoms with E-state index in [1.54, 1.807) is 30.2 Å². The highest BCUT2D eigenvalue weighted by Gasteiger charge is 2.48. The first-order chi connectivity index (χ1) is 11.2. The second-order valence-corrected chi connectivity index (χ2v) is 6.76. The Balaban J connectivity index is 1.85. The third kappa shape index (κ3) is 2.40. The number of nitrogens with two attached hydrogens (primary N) is 1. The van der Waals surface area contributed by atoms with Crippen LogP contribution >= 0.6 is 11.8 Å². The van der Waals surface area contributed by atoms with Crippen LogP contribution in [-0.4, -0.2) is 34.1 Å². The summed E-state index contributed by atoms with van der Waals surface area (Å²) in [7, 11) is 0. The number of fused-ring (bicyclic) bond motifs is 1. The van der Waals surface area contributed by atoms with Gasteiger partial charge in [-0.05, 0) is 17.7 Å². The monoisotopic (exact) mass is 330 g/mol. The van der Waals surface area contributed by atoms with Crippen LogP contribution in [0.3, 0.4) is 0 Å². The van der Waals surface area contributed by atoms with E-state index in [0.29, 0.717) is 29.5 Å². The normalized spacial score (nSPS) is 26.7. The van der Waals surface area contributed by atoms with E-state index in [9.17, 15) is 4.39 Å². The summed E-state index contributed by atoms with van der Waals surface area (Å²) in [4.78, 5) is 12.6. The van der Waals surface area contributed by atoms with Crippen LogP contribution in [0, 0.1) is 11.7 Å². The predicted molar refractivity (Wildman–Crippen MR) is 87.5 cm³/mol. The summed E-state index contributed by atoms with van der Waals surface area (Å²) in [5, 5.41) is 0.556. The predicted octanol–water partition coefficient (Wildman–Crippen LogP) is 2.19. The van der Waals surface area contributed by atoms with Crippen molar-refractivity contribution in [2.24, 2.45) is 16.6 Å². The highest BCUT2D eigenvalue weighted by molar-refractivity contribution is 8.13. The minimum Gasteiger partial charge on any atom is -0.379 e. The molecule has 1 aromatic carbocycles. The van der Waals surface area contributed by atoms with Crippen molar-refractivity contribution < 1.29 is 9.13 Å². The van der Waals surface area contributed by atoms with Crippen LogP contribution in [0.2, 0.25) is 0 Å². The standard InChI is InChI=1S/C16H15FN4OS/c17-14-2-1-11(3-13(14)10-4-19-9-20-5-10)16-8-22-6-12(16)7-23-15(18)21-16/h1-5,9,12H,6-8H2,(H2,18,21). The number of aliphatic imine (C=N–C) groups is 1. The zero-order valence-corrected chi connectivity index (χ0v) is 13.1. The Hall–Kier alpha value is -1.99. The van der Waals surface area contributed by atoms with Crippen molar-refractivity contribution in [3.05, 3.63) is 48.3 Å². The molecular weight excluding hydrogens is 315 g/mol. The minimum atomic E-state index is -0.520. The van der Waals surface area contributed by atoms with E-state index < -0.39 is 5.54 Å². The average Bonchev–Trinajstić information content (AvgIpc) is 3.00. The molecule has 23 heavy (non-hydrogen) atoms. The molecule has 0 aliphatic carbocycles. The van der Waals surface area contributed by atoms with Crippen LogP contribution in [0.4, 0.5) is 4.39 Å². The van der Waals surface area contributed by atoms with Crippen molar-refractivity contribution in [2.75, 3.05) is 19.0 Å². The molecule has 0 amide bonds. The number of rotatable bonds is 2. The summed E-state index contributed by atoms with van der Waals surface area (Å²) in [6.45, 7) is 1.11. The number of thioether (sulfide) groups is 1. The lowest BCUT2D eigenvalue weighted by atomic mass is 9.81. The van der Waals surface area contributed by atoms with E-state index in [1.807, 2.05) is 6.07 Å². The molecule has 2 N–H and O–H groups in total. The molecule has 2 aromatic rings. The Labute approximate surface area is 137 Å². The molecule has 7 heteroatoms. The molecule has 2 unspecified atom stereocenters. The SMILES string of the molecule is NC1=NC2(c3ccc(F)c(-c4cncnc4)c3)COCC2CS1. The molecule has 2 aliphatic heterocycles. The molecule has 4 rings (SSSR count). The zero-order chi connectivity index (χ0) is 15.9. The second-order valence-electron chi connectivity index (χ2n) is 5.72. The molecule has 3 heterocycles. The van der Waals surface area contributed by atoms with Crippen LogP contribution in [0.1, 0.15) is 5.56 Å². The van der Waals surface area contributed by atoms with Gasteiger partial charge in [-0.1, -0.05) is 17.8 Å². The van der Waals surface area contributed by atoms with Gasteiger partial charge in [0.15, 0.2) is 5.17 Å². The van der Waals surface area contributed by atoms with Crippen molar-refractivity contribution in [2.45, 2.75) is 5.54 Å². The highest BCUT2D eigenvalue weighted by atomic mass is 32.2. The lowest BCUT2D eigenvalue weighted by Gasteiger charge is -2.34. The molecule has 118 valence electrons. The van der Waals surface area contributed by atoms with Gasteiger partial charge in [-0.2, -0.15) is 0 Å². The maximum Gasteiger partial charge on any atom is 0.154 e. The van der Waals surface area contributed by atoms with E-state index in [0.717, 1.165) is 11.3 Å². The Morgan fingerprint density at radius 3 is 2.96 bits per heavy atom.